The van der Waals surface area contributed by atoms with Crippen LogP contribution in [0.2, 0.25) is 0 Å². The number of aliphatic carboxylic acids is 1. The van der Waals surface area contributed by atoms with E-state index in [2.05, 4.69) is 9.71 Å². The second-order valence-electron chi connectivity index (χ2n) is 4.33. The van der Waals surface area contributed by atoms with Crippen LogP contribution in [-0.4, -0.2) is 42.5 Å². The summed E-state index contributed by atoms with van der Waals surface area (Å²) in [5, 5.41) is 9.71. The topological polar surface area (TPSA) is 96.4 Å². The molecule has 0 saturated carbocycles. The molecule has 112 valence electrons. The summed E-state index contributed by atoms with van der Waals surface area (Å²) in [5.74, 6) is -1.04. The summed E-state index contributed by atoms with van der Waals surface area (Å²) >= 11 is 1.26. The molecule has 0 aliphatic rings. The van der Waals surface area contributed by atoms with Crippen LogP contribution in [0.3, 0.4) is 0 Å². The van der Waals surface area contributed by atoms with Gasteiger partial charge in [0.1, 0.15) is 6.04 Å². The lowest BCUT2D eigenvalue weighted by Gasteiger charge is -2.13. The summed E-state index contributed by atoms with van der Waals surface area (Å²) < 4.78 is 26.7. The molecule has 2 aromatic rings. The van der Waals surface area contributed by atoms with Crippen molar-refractivity contribution in [1.29, 1.82) is 0 Å². The first-order valence-corrected chi connectivity index (χ1v) is 8.90. The van der Waals surface area contributed by atoms with Crippen LogP contribution in [0.15, 0.2) is 41.4 Å². The van der Waals surface area contributed by atoms with Gasteiger partial charge < -0.3 is 5.11 Å². The minimum Gasteiger partial charge on any atom is -0.480 e. The first-order valence-electron chi connectivity index (χ1n) is 6.03. The predicted molar refractivity (Wildman–Crippen MR) is 81.9 cm³/mol. The number of thioether (sulfide) groups is 1. The Hall–Kier alpha value is -1.64. The highest BCUT2D eigenvalue weighted by Crippen LogP contribution is 2.17. The SMILES string of the molecule is CSCC(NS(=O)(=O)c1ccc2ncccc2c1)C(=O)O. The van der Waals surface area contributed by atoms with Crippen molar-refractivity contribution in [2.45, 2.75) is 10.9 Å². The van der Waals surface area contributed by atoms with Gasteiger partial charge in [0.25, 0.3) is 0 Å². The van der Waals surface area contributed by atoms with E-state index >= 15 is 0 Å². The van der Waals surface area contributed by atoms with Gasteiger partial charge >= 0.3 is 5.97 Å². The Morgan fingerprint density at radius 1 is 1.43 bits per heavy atom. The molecule has 2 rings (SSSR count). The van der Waals surface area contributed by atoms with Gasteiger partial charge in [-0.1, -0.05) is 6.07 Å². The smallest absolute Gasteiger partial charge is 0.322 e. The lowest BCUT2D eigenvalue weighted by Crippen LogP contribution is -2.42. The number of nitrogens with zero attached hydrogens (tertiary/aromatic N) is 1. The third-order valence-corrected chi connectivity index (χ3v) is 4.95. The van der Waals surface area contributed by atoms with Gasteiger partial charge in [-0.25, -0.2) is 8.42 Å². The quantitative estimate of drug-likeness (QED) is 0.831. The highest BCUT2D eigenvalue weighted by molar-refractivity contribution is 7.98. The van der Waals surface area contributed by atoms with Crippen LogP contribution < -0.4 is 4.72 Å². The van der Waals surface area contributed by atoms with E-state index in [1.807, 2.05) is 0 Å². The predicted octanol–water partition coefficient (Wildman–Crippen LogP) is 1.33. The Balaban J connectivity index is 2.34. The number of rotatable bonds is 6. The van der Waals surface area contributed by atoms with Gasteiger partial charge in [-0.15, -0.1) is 0 Å². The number of fused-ring (bicyclic) bond motifs is 1. The van der Waals surface area contributed by atoms with Crippen molar-refractivity contribution in [3.63, 3.8) is 0 Å². The number of carboxylic acid groups (broad SMARTS) is 1. The molecule has 1 aromatic heterocycles. The third-order valence-electron chi connectivity index (χ3n) is 2.81. The Bertz CT molecular complexity index is 762. The van der Waals surface area contributed by atoms with Crippen LogP contribution in [0.1, 0.15) is 0 Å². The van der Waals surface area contributed by atoms with Crippen molar-refractivity contribution in [3.05, 3.63) is 36.5 Å². The molecule has 1 atom stereocenters. The fourth-order valence-corrected chi connectivity index (χ4v) is 3.69. The van der Waals surface area contributed by atoms with Gasteiger partial charge in [0.05, 0.1) is 10.4 Å². The molecule has 8 heteroatoms. The number of pyridine rings is 1. The van der Waals surface area contributed by atoms with E-state index < -0.39 is 22.0 Å². The van der Waals surface area contributed by atoms with E-state index in [4.69, 9.17) is 5.11 Å². The molecule has 0 amide bonds. The maximum absolute atomic E-state index is 12.3. The number of nitrogens with one attached hydrogen (secondary N) is 1. The summed E-state index contributed by atoms with van der Waals surface area (Å²) in [6, 6.07) is 6.78. The van der Waals surface area contributed by atoms with Crippen molar-refractivity contribution < 1.29 is 18.3 Å². The van der Waals surface area contributed by atoms with Crippen LogP contribution in [-0.2, 0) is 14.8 Å². The zero-order chi connectivity index (χ0) is 15.5. The summed E-state index contributed by atoms with van der Waals surface area (Å²) in [4.78, 5) is 15.2. The number of hydrogen-bond donors (Lipinski definition) is 2. The Morgan fingerprint density at radius 3 is 2.86 bits per heavy atom. The van der Waals surface area contributed by atoms with E-state index in [0.717, 1.165) is 0 Å². The number of benzene rings is 1. The molecule has 0 fully saturated rings. The average Bonchev–Trinajstić information content (AvgIpc) is 2.46. The molecule has 0 spiro atoms. The first-order chi connectivity index (χ1) is 9.94. The van der Waals surface area contributed by atoms with Crippen molar-refractivity contribution in [2.75, 3.05) is 12.0 Å². The van der Waals surface area contributed by atoms with Crippen LogP contribution in [0.4, 0.5) is 0 Å². The number of sulfonamides is 1. The van der Waals surface area contributed by atoms with Gasteiger partial charge in [-0.3, -0.25) is 9.78 Å². The molecule has 0 aliphatic heterocycles. The number of aromatic nitrogens is 1. The second-order valence-corrected chi connectivity index (χ2v) is 6.95. The highest BCUT2D eigenvalue weighted by Gasteiger charge is 2.25. The van der Waals surface area contributed by atoms with E-state index in [-0.39, 0.29) is 10.6 Å². The van der Waals surface area contributed by atoms with Gasteiger partial charge in [0, 0.05) is 17.3 Å². The maximum Gasteiger partial charge on any atom is 0.322 e. The number of hydrogen-bond acceptors (Lipinski definition) is 5. The molecule has 1 aromatic carbocycles. The largest absolute Gasteiger partial charge is 0.480 e. The van der Waals surface area contributed by atoms with Crippen molar-refractivity contribution >= 4 is 38.7 Å². The highest BCUT2D eigenvalue weighted by atomic mass is 32.2. The lowest BCUT2D eigenvalue weighted by atomic mass is 10.2. The minimum atomic E-state index is -3.89. The second kappa shape index (κ2) is 6.42. The standard InChI is InChI=1S/C13H14N2O4S2/c1-20-8-12(13(16)17)15-21(18,19)10-4-5-11-9(7-10)3-2-6-14-11/h2-7,12,15H,8H2,1H3,(H,16,17). The molecular formula is C13H14N2O4S2. The summed E-state index contributed by atoms with van der Waals surface area (Å²) in [6.07, 6.45) is 3.33. The maximum atomic E-state index is 12.3. The fourth-order valence-electron chi connectivity index (χ4n) is 1.80. The van der Waals surface area contributed by atoms with Crippen molar-refractivity contribution in [1.82, 2.24) is 9.71 Å². The molecule has 0 radical (unpaired) electrons. The lowest BCUT2D eigenvalue weighted by molar-refractivity contribution is -0.138. The van der Waals surface area contributed by atoms with E-state index in [0.29, 0.717) is 10.9 Å². The fraction of sp³-hybridized carbons (Fsp3) is 0.231. The average molecular weight is 326 g/mol. The zero-order valence-corrected chi connectivity index (χ0v) is 12.8. The molecular weight excluding hydrogens is 312 g/mol. The van der Waals surface area contributed by atoms with Crippen LogP contribution in [0, 0.1) is 0 Å². The first kappa shape index (κ1) is 15.7. The number of carbonyl (C=O) groups is 1. The Kier molecular flexibility index (Phi) is 4.81. The number of carboxylic acids is 1. The van der Waals surface area contributed by atoms with E-state index in [1.165, 1.54) is 23.9 Å². The molecule has 0 bridgehead atoms. The van der Waals surface area contributed by atoms with Crippen LogP contribution in [0.25, 0.3) is 10.9 Å². The monoisotopic (exact) mass is 326 g/mol. The molecule has 0 saturated heterocycles. The minimum absolute atomic E-state index is 0.0235. The summed E-state index contributed by atoms with van der Waals surface area (Å²) in [6.45, 7) is 0. The van der Waals surface area contributed by atoms with Gasteiger partial charge in [-0.2, -0.15) is 16.5 Å². The molecule has 2 N–H and O–H groups in total. The normalized spacial score (nSPS) is 13.2. The van der Waals surface area contributed by atoms with Gasteiger partial charge in [-0.05, 0) is 30.5 Å². The van der Waals surface area contributed by atoms with Crippen molar-refractivity contribution in [2.24, 2.45) is 0 Å². The van der Waals surface area contributed by atoms with Crippen molar-refractivity contribution in [3.8, 4) is 0 Å². The molecule has 6 nitrogen and oxygen atoms in total. The molecule has 1 unspecified atom stereocenters. The molecule has 1 heterocycles. The van der Waals surface area contributed by atoms with Crippen LogP contribution in [0.5, 0.6) is 0 Å². The van der Waals surface area contributed by atoms with Gasteiger partial charge in [0.15, 0.2) is 0 Å². The summed E-state index contributed by atoms with van der Waals surface area (Å²) in [5.41, 5.74) is 0.676. The van der Waals surface area contributed by atoms with Crippen LogP contribution >= 0.6 is 11.8 Å². The Morgan fingerprint density at radius 2 is 2.19 bits per heavy atom. The molecule has 21 heavy (non-hydrogen) atoms. The third kappa shape index (κ3) is 3.72. The van der Waals surface area contributed by atoms with Gasteiger partial charge in [0.2, 0.25) is 10.0 Å². The van der Waals surface area contributed by atoms with E-state index in [9.17, 15) is 13.2 Å². The molecule has 0 aliphatic carbocycles. The van der Waals surface area contributed by atoms with E-state index in [1.54, 1.807) is 30.7 Å². The summed E-state index contributed by atoms with van der Waals surface area (Å²) in [7, 11) is -3.89. The zero-order valence-electron chi connectivity index (χ0n) is 11.2. The Labute approximate surface area is 126 Å².